The number of nitrogens with one attached hydrogen (secondary N) is 1. The smallest absolute Gasteiger partial charge is 0.255 e. The molecule has 3 nitrogen and oxygen atoms in total. The summed E-state index contributed by atoms with van der Waals surface area (Å²) < 4.78 is 0. The number of halogens is 2. The van der Waals surface area contributed by atoms with Crippen LogP contribution in [0.3, 0.4) is 0 Å². The molecule has 0 saturated carbocycles. The summed E-state index contributed by atoms with van der Waals surface area (Å²) in [6.07, 6.45) is 1.99. The van der Waals surface area contributed by atoms with E-state index in [1.165, 1.54) is 0 Å². The molecule has 1 N–H and O–H groups in total. The van der Waals surface area contributed by atoms with Crippen molar-refractivity contribution in [2.75, 3.05) is 19.3 Å². The van der Waals surface area contributed by atoms with Crippen LogP contribution in [-0.4, -0.2) is 42.2 Å². The zero-order chi connectivity index (χ0) is 14.0. The quantitative estimate of drug-likeness (QED) is 0.842. The second-order valence-corrected chi connectivity index (χ2v) is 6.31. The number of carbonyl (C=O) groups is 1. The van der Waals surface area contributed by atoms with Gasteiger partial charge in [-0.2, -0.15) is 0 Å². The Hall–Kier alpha value is -0.420. The van der Waals surface area contributed by atoms with Gasteiger partial charge in [0.05, 0.1) is 10.6 Å². The zero-order valence-corrected chi connectivity index (χ0v) is 14.2. The van der Waals surface area contributed by atoms with Gasteiger partial charge in [0.25, 0.3) is 5.91 Å². The molecule has 0 bridgehead atoms. The van der Waals surface area contributed by atoms with Gasteiger partial charge in [0.15, 0.2) is 0 Å². The predicted molar refractivity (Wildman–Crippen MR) is 88.4 cm³/mol. The molecule has 2 unspecified atom stereocenters. The molecule has 1 heterocycles. The first kappa shape index (κ1) is 17.6. The third-order valence-corrected chi connectivity index (χ3v) is 4.30. The molecule has 1 aromatic rings. The highest BCUT2D eigenvalue weighted by molar-refractivity contribution is 7.98. The molecule has 1 aliphatic heterocycles. The van der Waals surface area contributed by atoms with E-state index in [0.717, 1.165) is 18.0 Å². The summed E-state index contributed by atoms with van der Waals surface area (Å²) in [6.45, 7) is 5.64. The van der Waals surface area contributed by atoms with E-state index in [0.29, 0.717) is 22.7 Å². The van der Waals surface area contributed by atoms with Gasteiger partial charge in [-0.15, -0.1) is 24.2 Å². The minimum Gasteiger partial charge on any atom is -0.335 e. The molecule has 20 heavy (non-hydrogen) atoms. The summed E-state index contributed by atoms with van der Waals surface area (Å²) in [7, 11) is 0. The average Bonchev–Trinajstić information content (AvgIpc) is 2.37. The summed E-state index contributed by atoms with van der Waals surface area (Å²) in [6, 6.07) is 6.25. The Labute approximate surface area is 135 Å². The maximum absolute atomic E-state index is 12.6. The lowest BCUT2D eigenvalue weighted by atomic mass is 10.1. The maximum Gasteiger partial charge on any atom is 0.255 e. The molecule has 2 atom stereocenters. The Morgan fingerprint density at radius 2 is 1.95 bits per heavy atom. The largest absolute Gasteiger partial charge is 0.335 e. The fourth-order valence-electron chi connectivity index (χ4n) is 2.46. The van der Waals surface area contributed by atoms with Crippen molar-refractivity contribution in [2.45, 2.75) is 30.8 Å². The summed E-state index contributed by atoms with van der Waals surface area (Å²) in [5.41, 5.74) is 0.606. The van der Waals surface area contributed by atoms with Gasteiger partial charge >= 0.3 is 0 Å². The Kier molecular flexibility index (Phi) is 6.65. The van der Waals surface area contributed by atoms with Crippen LogP contribution in [0.15, 0.2) is 23.1 Å². The number of carbonyl (C=O) groups excluding carboxylic acids is 1. The van der Waals surface area contributed by atoms with Gasteiger partial charge in [0.1, 0.15) is 0 Å². The predicted octanol–water partition coefficient (Wildman–Crippen LogP) is 3.31. The first-order valence-electron chi connectivity index (χ1n) is 6.40. The highest BCUT2D eigenvalue weighted by atomic mass is 35.5. The molecule has 0 aliphatic carbocycles. The minimum absolute atomic E-state index is 0. The molecular weight excluding hydrogens is 315 g/mol. The molecule has 2 rings (SSSR count). The van der Waals surface area contributed by atoms with Crippen LogP contribution in [-0.2, 0) is 0 Å². The van der Waals surface area contributed by atoms with Gasteiger partial charge in [-0.25, -0.2) is 0 Å². The first-order valence-corrected chi connectivity index (χ1v) is 8.00. The van der Waals surface area contributed by atoms with E-state index in [9.17, 15) is 4.79 Å². The zero-order valence-electron chi connectivity index (χ0n) is 11.9. The normalized spacial score (nSPS) is 22.3. The number of hydrogen-bond donors (Lipinski definition) is 1. The van der Waals surface area contributed by atoms with Crippen molar-refractivity contribution >= 4 is 41.7 Å². The van der Waals surface area contributed by atoms with E-state index in [1.807, 2.05) is 23.3 Å². The number of nitrogens with zero attached hydrogens (tertiary/aromatic N) is 1. The molecule has 0 radical (unpaired) electrons. The number of piperazine rings is 1. The second-order valence-electron chi connectivity index (χ2n) is 5.02. The Morgan fingerprint density at radius 1 is 1.35 bits per heavy atom. The van der Waals surface area contributed by atoms with Crippen molar-refractivity contribution in [1.29, 1.82) is 0 Å². The standard InChI is InChI=1S/C14H19ClN2OS.ClH/c1-9-7-17(8-10(2)16-9)14(18)12-6-11(19-3)4-5-13(12)15;/h4-6,9-10,16H,7-8H2,1-3H3;1H. The van der Waals surface area contributed by atoms with Crippen molar-refractivity contribution in [2.24, 2.45) is 0 Å². The molecule has 1 fully saturated rings. The van der Waals surface area contributed by atoms with E-state index >= 15 is 0 Å². The van der Waals surface area contributed by atoms with Crippen LogP contribution >= 0.6 is 35.8 Å². The highest BCUT2D eigenvalue weighted by Gasteiger charge is 2.26. The van der Waals surface area contributed by atoms with Crippen LogP contribution in [0.4, 0.5) is 0 Å². The second kappa shape index (κ2) is 7.55. The third-order valence-electron chi connectivity index (χ3n) is 3.25. The lowest BCUT2D eigenvalue weighted by molar-refractivity contribution is 0.0673. The topological polar surface area (TPSA) is 32.3 Å². The van der Waals surface area contributed by atoms with Crippen molar-refractivity contribution in [3.8, 4) is 0 Å². The van der Waals surface area contributed by atoms with Crippen LogP contribution in [0.2, 0.25) is 5.02 Å². The number of amides is 1. The maximum atomic E-state index is 12.6. The summed E-state index contributed by atoms with van der Waals surface area (Å²) in [5.74, 6) is 0.0288. The number of hydrogen-bond acceptors (Lipinski definition) is 3. The molecule has 1 aliphatic rings. The molecule has 1 amide bonds. The lowest BCUT2D eigenvalue weighted by Crippen LogP contribution is -2.55. The van der Waals surface area contributed by atoms with Crippen molar-refractivity contribution < 1.29 is 4.79 Å². The van der Waals surface area contributed by atoms with Crippen molar-refractivity contribution in [3.05, 3.63) is 28.8 Å². The third kappa shape index (κ3) is 4.04. The van der Waals surface area contributed by atoms with E-state index in [4.69, 9.17) is 11.6 Å². The van der Waals surface area contributed by atoms with Crippen LogP contribution in [0.25, 0.3) is 0 Å². The van der Waals surface area contributed by atoms with E-state index in [-0.39, 0.29) is 18.3 Å². The number of benzene rings is 1. The van der Waals surface area contributed by atoms with E-state index in [2.05, 4.69) is 19.2 Å². The SMILES string of the molecule is CSc1ccc(Cl)c(C(=O)N2CC(C)NC(C)C2)c1.Cl. The van der Waals surface area contributed by atoms with E-state index < -0.39 is 0 Å². The molecule has 112 valence electrons. The van der Waals surface area contributed by atoms with Crippen LogP contribution in [0, 0.1) is 0 Å². The van der Waals surface area contributed by atoms with Gasteiger partial charge in [-0.3, -0.25) is 4.79 Å². The van der Waals surface area contributed by atoms with Crippen molar-refractivity contribution in [1.82, 2.24) is 10.2 Å². The van der Waals surface area contributed by atoms with Crippen molar-refractivity contribution in [3.63, 3.8) is 0 Å². The first-order chi connectivity index (χ1) is 9.01. The van der Waals surface area contributed by atoms with Crippen LogP contribution in [0.1, 0.15) is 24.2 Å². The highest BCUT2D eigenvalue weighted by Crippen LogP contribution is 2.24. The van der Waals surface area contributed by atoms with E-state index in [1.54, 1.807) is 17.8 Å². The molecule has 1 aromatic carbocycles. The summed E-state index contributed by atoms with van der Waals surface area (Å²) in [5, 5.41) is 3.95. The number of rotatable bonds is 2. The summed E-state index contributed by atoms with van der Waals surface area (Å²) >= 11 is 7.78. The monoisotopic (exact) mass is 334 g/mol. The van der Waals surface area contributed by atoms with Gasteiger partial charge in [0.2, 0.25) is 0 Å². The van der Waals surface area contributed by atoms with Gasteiger partial charge in [0, 0.05) is 30.1 Å². The molecular formula is C14H20Cl2N2OS. The fraction of sp³-hybridized carbons (Fsp3) is 0.500. The van der Waals surface area contributed by atoms with Crippen LogP contribution < -0.4 is 5.32 Å². The Balaban J connectivity index is 0.00000200. The minimum atomic E-state index is 0. The Bertz CT molecular complexity index is 474. The molecule has 0 aromatic heterocycles. The van der Waals surface area contributed by atoms with Crippen LogP contribution in [0.5, 0.6) is 0 Å². The number of thioether (sulfide) groups is 1. The van der Waals surface area contributed by atoms with Gasteiger partial charge in [-0.1, -0.05) is 11.6 Å². The lowest BCUT2D eigenvalue weighted by Gasteiger charge is -2.36. The average molecular weight is 335 g/mol. The molecule has 0 spiro atoms. The van der Waals surface area contributed by atoms with Gasteiger partial charge in [-0.05, 0) is 38.3 Å². The molecule has 1 saturated heterocycles. The van der Waals surface area contributed by atoms with Gasteiger partial charge < -0.3 is 10.2 Å². The molecule has 6 heteroatoms. The fourth-order valence-corrected chi connectivity index (χ4v) is 3.10. The Morgan fingerprint density at radius 3 is 2.50 bits per heavy atom. The summed E-state index contributed by atoms with van der Waals surface area (Å²) in [4.78, 5) is 15.5.